The first-order chi connectivity index (χ1) is 13.3. The molecule has 0 saturated heterocycles. The van der Waals surface area contributed by atoms with E-state index in [1.54, 1.807) is 43.3 Å². The van der Waals surface area contributed by atoms with Crippen molar-refractivity contribution in [2.75, 3.05) is 17.8 Å². The summed E-state index contributed by atoms with van der Waals surface area (Å²) in [4.78, 5) is 15.1. The van der Waals surface area contributed by atoms with E-state index in [1.807, 2.05) is 17.9 Å². The summed E-state index contributed by atoms with van der Waals surface area (Å²) in [7, 11) is -3.72. The van der Waals surface area contributed by atoms with E-state index >= 15 is 0 Å². The van der Waals surface area contributed by atoms with Crippen molar-refractivity contribution in [1.82, 2.24) is 4.90 Å². The monoisotopic (exact) mass is 400 g/mol. The summed E-state index contributed by atoms with van der Waals surface area (Å²) in [6, 6.07) is 12.1. The van der Waals surface area contributed by atoms with Crippen molar-refractivity contribution in [1.29, 1.82) is 0 Å². The van der Waals surface area contributed by atoms with Crippen LogP contribution >= 0.6 is 0 Å². The van der Waals surface area contributed by atoms with Gasteiger partial charge in [-0.25, -0.2) is 8.42 Å². The first kappa shape index (κ1) is 20.4. The van der Waals surface area contributed by atoms with Gasteiger partial charge in [-0.1, -0.05) is 25.1 Å². The van der Waals surface area contributed by atoms with E-state index in [9.17, 15) is 13.2 Å². The van der Waals surface area contributed by atoms with Crippen LogP contribution < -0.4 is 4.72 Å². The van der Waals surface area contributed by atoms with Crippen molar-refractivity contribution in [3.05, 3.63) is 59.2 Å². The van der Waals surface area contributed by atoms with Gasteiger partial charge in [0.2, 0.25) is 0 Å². The zero-order chi connectivity index (χ0) is 20.3. The van der Waals surface area contributed by atoms with Crippen LogP contribution in [0.3, 0.4) is 0 Å². The summed E-state index contributed by atoms with van der Waals surface area (Å²) < 4.78 is 28.3. The van der Waals surface area contributed by atoms with E-state index in [-0.39, 0.29) is 10.8 Å². The zero-order valence-electron chi connectivity index (χ0n) is 16.7. The van der Waals surface area contributed by atoms with E-state index < -0.39 is 10.0 Å². The summed E-state index contributed by atoms with van der Waals surface area (Å²) in [6.45, 7) is 7.19. The molecule has 1 N–H and O–H groups in total. The molecule has 1 fully saturated rings. The van der Waals surface area contributed by atoms with E-state index in [0.29, 0.717) is 29.3 Å². The van der Waals surface area contributed by atoms with Crippen LogP contribution in [0.5, 0.6) is 0 Å². The number of nitrogens with one attached hydrogen (secondary N) is 1. The number of hydrogen-bond acceptors (Lipinski definition) is 3. The summed E-state index contributed by atoms with van der Waals surface area (Å²) in [5.41, 5.74) is 2.47. The van der Waals surface area contributed by atoms with Gasteiger partial charge in [-0.15, -0.1) is 0 Å². The van der Waals surface area contributed by atoms with Crippen LogP contribution in [-0.4, -0.2) is 32.3 Å². The fourth-order valence-corrected chi connectivity index (χ4v) is 4.64. The van der Waals surface area contributed by atoms with E-state index in [2.05, 4.69) is 11.6 Å². The van der Waals surface area contributed by atoms with Crippen LogP contribution in [0.2, 0.25) is 0 Å². The lowest BCUT2D eigenvalue weighted by Crippen LogP contribution is -2.33. The van der Waals surface area contributed by atoms with E-state index in [4.69, 9.17) is 0 Å². The molecule has 1 aliphatic carbocycles. The quantitative estimate of drug-likeness (QED) is 0.716. The number of sulfonamides is 1. The summed E-state index contributed by atoms with van der Waals surface area (Å²) >= 11 is 0. The molecule has 150 valence electrons. The van der Waals surface area contributed by atoms with Crippen molar-refractivity contribution in [2.45, 2.75) is 44.9 Å². The highest BCUT2D eigenvalue weighted by Gasteiger charge is 2.27. The number of carbonyl (C=O) groups is 1. The second kappa shape index (κ2) is 8.35. The van der Waals surface area contributed by atoms with Crippen molar-refractivity contribution in [2.24, 2.45) is 5.92 Å². The molecular weight excluding hydrogens is 372 g/mol. The maximum absolute atomic E-state index is 12.9. The van der Waals surface area contributed by atoms with E-state index in [0.717, 1.165) is 18.5 Å². The lowest BCUT2D eigenvalue weighted by Gasteiger charge is -2.22. The Hall–Kier alpha value is -2.34. The predicted octanol–water partition coefficient (Wildman–Crippen LogP) is 4.37. The predicted molar refractivity (Wildman–Crippen MR) is 112 cm³/mol. The minimum Gasteiger partial charge on any atom is -0.338 e. The fourth-order valence-electron chi connectivity index (χ4n) is 3.26. The third kappa shape index (κ3) is 4.93. The van der Waals surface area contributed by atoms with Gasteiger partial charge in [0.25, 0.3) is 15.9 Å². The molecule has 0 heterocycles. The molecule has 3 rings (SSSR count). The molecule has 2 aromatic rings. The lowest BCUT2D eigenvalue weighted by atomic mass is 10.1. The summed E-state index contributed by atoms with van der Waals surface area (Å²) in [6.07, 6.45) is 3.27. The average Bonchev–Trinajstić information content (AvgIpc) is 3.46. The number of rotatable bonds is 8. The number of hydrogen-bond donors (Lipinski definition) is 1. The Kier molecular flexibility index (Phi) is 6.08. The van der Waals surface area contributed by atoms with Gasteiger partial charge in [-0.05, 0) is 74.4 Å². The standard InChI is InChI=1S/C22H28N2O3S/c1-4-12-24(15-18-10-11-18)22(25)19-6-5-7-20(14-19)23-28(26,27)21-13-16(2)8-9-17(21)3/h5-9,13-14,18,23H,4,10-12,15H2,1-3H3. The molecule has 1 aliphatic rings. The van der Waals surface area contributed by atoms with Crippen molar-refractivity contribution >= 4 is 21.6 Å². The molecule has 0 radical (unpaired) electrons. The second-order valence-corrected chi connectivity index (χ2v) is 9.30. The third-order valence-electron chi connectivity index (χ3n) is 4.95. The topological polar surface area (TPSA) is 66.5 Å². The number of carbonyl (C=O) groups excluding carboxylic acids is 1. The Balaban J connectivity index is 1.82. The molecule has 0 bridgehead atoms. The zero-order valence-corrected chi connectivity index (χ0v) is 17.6. The lowest BCUT2D eigenvalue weighted by molar-refractivity contribution is 0.0747. The number of benzene rings is 2. The first-order valence-corrected chi connectivity index (χ1v) is 11.3. The molecule has 0 spiro atoms. The number of amides is 1. The van der Waals surface area contributed by atoms with E-state index in [1.165, 1.54) is 12.8 Å². The van der Waals surface area contributed by atoms with Crippen LogP contribution in [-0.2, 0) is 10.0 Å². The Bertz CT molecular complexity index is 965. The highest BCUT2D eigenvalue weighted by molar-refractivity contribution is 7.92. The molecule has 28 heavy (non-hydrogen) atoms. The smallest absolute Gasteiger partial charge is 0.262 e. The molecule has 6 heteroatoms. The van der Waals surface area contributed by atoms with Crippen LogP contribution in [0.4, 0.5) is 5.69 Å². The van der Waals surface area contributed by atoms with Crippen molar-refractivity contribution in [3.63, 3.8) is 0 Å². The van der Waals surface area contributed by atoms with Crippen LogP contribution in [0.25, 0.3) is 0 Å². The minimum atomic E-state index is -3.72. The Morgan fingerprint density at radius 3 is 2.57 bits per heavy atom. The van der Waals surface area contributed by atoms with Gasteiger partial charge in [-0.3, -0.25) is 9.52 Å². The maximum atomic E-state index is 12.9. The first-order valence-electron chi connectivity index (χ1n) is 9.79. The van der Waals surface area contributed by atoms with Crippen molar-refractivity contribution < 1.29 is 13.2 Å². The largest absolute Gasteiger partial charge is 0.338 e. The molecule has 0 aliphatic heterocycles. The van der Waals surface area contributed by atoms with Gasteiger partial charge in [-0.2, -0.15) is 0 Å². The third-order valence-corrected chi connectivity index (χ3v) is 6.47. The molecule has 0 atom stereocenters. The summed E-state index contributed by atoms with van der Waals surface area (Å²) in [5, 5.41) is 0. The molecule has 0 aromatic heterocycles. The van der Waals surface area contributed by atoms with Gasteiger partial charge in [0.1, 0.15) is 0 Å². The molecule has 0 unspecified atom stereocenters. The molecule has 2 aromatic carbocycles. The van der Waals surface area contributed by atoms with Crippen LogP contribution in [0.15, 0.2) is 47.4 Å². The Morgan fingerprint density at radius 1 is 1.14 bits per heavy atom. The molecule has 1 amide bonds. The molecule has 1 saturated carbocycles. The van der Waals surface area contributed by atoms with Gasteiger partial charge in [0.15, 0.2) is 0 Å². The number of nitrogens with zero attached hydrogens (tertiary/aromatic N) is 1. The van der Waals surface area contributed by atoms with Gasteiger partial charge in [0, 0.05) is 24.3 Å². The van der Waals surface area contributed by atoms with Gasteiger partial charge < -0.3 is 4.90 Å². The summed E-state index contributed by atoms with van der Waals surface area (Å²) in [5.74, 6) is 0.572. The number of aryl methyl sites for hydroxylation is 2. The average molecular weight is 401 g/mol. The minimum absolute atomic E-state index is 0.0402. The SMILES string of the molecule is CCCN(CC1CC1)C(=O)c1cccc(NS(=O)(=O)c2cc(C)ccc2C)c1. The van der Waals surface area contributed by atoms with Gasteiger partial charge in [0.05, 0.1) is 4.90 Å². The highest BCUT2D eigenvalue weighted by atomic mass is 32.2. The maximum Gasteiger partial charge on any atom is 0.262 e. The van der Waals surface area contributed by atoms with Crippen LogP contribution in [0, 0.1) is 19.8 Å². The Labute approximate surface area is 167 Å². The number of anilines is 1. The Morgan fingerprint density at radius 2 is 1.89 bits per heavy atom. The molecular formula is C22H28N2O3S. The fraction of sp³-hybridized carbons (Fsp3) is 0.409. The van der Waals surface area contributed by atoms with Crippen LogP contribution in [0.1, 0.15) is 47.7 Å². The normalized spacial score (nSPS) is 14.0. The highest BCUT2D eigenvalue weighted by Crippen LogP contribution is 2.30. The van der Waals surface area contributed by atoms with Crippen molar-refractivity contribution in [3.8, 4) is 0 Å². The molecule has 5 nitrogen and oxygen atoms in total. The second-order valence-electron chi connectivity index (χ2n) is 7.65. The van der Waals surface area contributed by atoms with Gasteiger partial charge >= 0.3 is 0 Å².